The molecule has 1 aromatic rings. The van der Waals surface area contributed by atoms with E-state index >= 15 is 0 Å². The minimum atomic E-state index is -0.142. The molecule has 1 saturated carbocycles. The Bertz CT molecular complexity index is 377. The predicted octanol–water partition coefficient (Wildman–Crippen LogP) is 4.45. The van der Waals surface area contributed by atoms with Crippen LogP contribution in [0.25, 0.3) is 0 Å². The second kappa shape index (κ2) is 6.33. The van der Waals surface area contributed by atoms with Crippen molar-refractivity contribution in [3.63, 3.8) is 0 Å². The highest BCUT2D eigenvalue weighted by Gasteiger charge is 2.22. The van der Waals surface area contributed by atoms with Crippen molar-refractivity contribution in [2.75, 3.05) is 0 Å². The van der Waals surface area contributed by atoms with Crippen LogP contribution in [-0.4, -0.2) is 6.04 Å². The smallest absolute Gasteiger partial charge is 0.123 e. The van der Waals surface area contributed by atoms with Gasteiger partial charge in [-0.1, -0.05) is 38.3 Å². The van der Waals surface area contributed by atoms with Crippen molar-refractivity contribution >= 4 is 0 Å². The van der Waals surface area contributed by atoms with Crippen molar-refractivity contribution in [3.8, 4) is 0 Å². The van der Waals surface area contributed by atoms with Crippen LogP contribution in [-0.2, 0) is 0 Å². The van der Waals surface area contributed by atoms with Crippen LogP contribution in [0, 0.1) is 11.7 Å². The van der Waals surface area contributed by atoms with Gasteiger partial charge in [0, 0.05) is 12.1 Å². The zero-order chi connectivity index (χ0) is 13.0. The van der Waals surface area contributed by atoms with E-state index in [9.17, 15) is 4.39 Å². The van der Waals surface area contributed by atoms with E-state index in [0.717, 1.165) is 11.5 Å². The van der Waals surface area contributed by atoms with Crippen LogP contribution in [0.1, 0.15) is 57.6 Å². The van der Waals surface area contributed by atoms with Gasteiger partial charge in [-0.2, -0.15) is 0 Å². The van der Waals surface area contributed by atoms with E-state index in [1.54, 1.807) is 12.1 Å². The summed E-state index contributed by atoms with van der Waals surface area (Å²) in [7, 11) is 0. The number of hydrogen-bond donors (Lipinski definition) is 1. The molecule has 3 atom stereocenters. The monoisotopic (exact) mass is 249 g/mol. The molecule has 2 heteroatoms. The molecule has 2 unspecified atom stereocenters. The molecule has 0 bridgehead atoms. The molecular weight excluding hydrogens is 225 g/mol. The summed E-state index contributed by atoms with van der Waals surface area (Å²) in [6.07, 6.45) is 6.52. The fourth-order valence-corrected chi connectivity index (χ4v) is 3.04. The zero-order valence-electron chi connectivity index (χ0n) is 11.5. The Kier molecular flexibility index (Phi) is 4.76. The summed E-state index contributed by atoms with van der Waals surface area (Å²) >= 11 is 0. The van der Waals surface area contributed by atoms with Crippen molar-refractivity contribution < 1.29 is 4.39 Å². The van der Waals surface area contributed by atoms with Crippen molar-refractivity contribution in [1.29, 1.82) is 0 Å². The first-order valence-electron chi connectivity index (χ1n) is 7.20. The van der Waals surface area contributed by atoms with Gasteiger partial charge in [0.2, 0.25) is 0 Å². The molecule has 1 N–H and O–H groups in total. The van der Waals surface area contributed by atoms with Crippen LogP contribution < -0.4 is 5.32 Å². The molecule has 1 aromatic carbocycles. The van der Waals surface area contributed by atoms with Gasteiger partial charge in [0.05, 0.1) is 0 Å². The SMILES string of the molecule is CCC1CCCC(N[C@H](C)c2cccc(F)c2)C1. The highest BCUT2D eigenvalue weighted by atomic mass is 19.1. The molecule has 0 amide bonds. The normalized spacial score (nSPS) is 25.9. The van der Waals surface area contributed by atoms with Crippen LogP contribution in [0.5, 0.6) is 0 Å². The van der Waals surface area contributed by atoms with E-state index in [0.29, 0.717) is 6.04 Å². The van der Waals surface area contributed by atoms with Gasteiger partial charge in [0.25, 0.3) is 0 Å². The predicted molar refractivity (Wildman–Crippen MR) is 74.0 cm³/mol. The second-order valence-electron chi connectivity index (χ2n) is 5.58. The van der Waals surface area contributed by atoms with E-state index in [2.05, 4.69) is 19.2 Å². The number of hydrogen-bond acceptors (Lipinski definition) is 1. The second-order valence-corrected chi connectivity index (χ2v) is 5.58. The fraction of sp³-hybridized carbons (Fsp3) is 0.625. The van der Waals surface area contributed by atoms with Gasteiger partial charge in [-0.25, -0.2) is 4.39 Å². The summed E-state index contributed by atoms with van der Waals surface area (Å²) in [6, 6.07) is 7.77. The van der Waals surface area contributed by atoms with Crippen molar-refractivity contribution in [2.45, 2.75) is 58.0 Å². The third-order valence-corrected chi connectivity index (χ3v) is 4.19. The Labute approximate surface area is 110 Å². The number of nitrogens with one attached hydrogen (secondary N) is 1. The molecule has 18 heavy (non-hydrogen) atoms. The lowest BCUT2D eigenvalue weighted by atomic mass is 9.84. The first kappa shape index (κ1) is 13.5. The molecular formula is C16H24FN. The Hall–Kier alpha value is -0.890. The van der Waals surface area contributed by atoms with Gasteiger partial charge < -0.3 is 5.32 Å². The van der Waals surface area contributed by atoms with Crippen molar-refractivity contribution in [2.24, 2.45) is 5.92 Å². The summed E-state index contributed by atoms with van der Waals surface area (Å²) in [5, 5.41) is 3.66. The number of rotatable bonds is 4. The quantitative estimate of drug-likeness (QED) is 0.831. The van der Waals surface area contributed by atoms with E-state index in [-0.39, 0.29) is 11.9 Å². The van der Waals surface area contributed by atoms with Crippen LogP contribution in [0.15, 0.2) is 24.3 Å². The van der Waals surface area contributed by atoms with Gasteiger partial charge in [-0.05, 0) is 43.4 Å². The highest BCUT2D eigenvalue weighted by molar-refractivity contribution is 5.19. The summed E-state index contributed by atoms with van der Waals surface area (Å²) < 4.78 is 13.2. The molecule has 2 rings (SSSR count). The first-order valence-corrected chi connectivity index (χ1v) is 7.20. The lowest BCUT2D eigenvalue weighted by molar-refractivity contribution is 0.266. The molecule has 0 heterocycles. The summed E-state index contributed by atoms with van der Waals surface area (Å²) in [5.41, 5.74) is 1.05. The Morgan fingerprint density at radius 1 is 1.39 bits per heavy atom. The Balaban J connectivity index is 1.92. The van der Waals surface area contributed by atoms with Gasteiger partial charge in [-0.15, -0.1) is 0 Å². The highest BCUT2D eigenvalue weighted by Crippen LogP contribution is 2.28. The average Bonchev–Trinajstić information content (AvgIpc) is 2.39. The first-order chi connectivity index (χ1) is 8.69. The fourth-order valence-electron chi connectivity index (χ4n) is 3.04. The molecule has 100 valence electrons. The van der Waals surface area contributed by atoms with E-state index < -0.39 is 0 Å². The summed E-state index contributed by atoms with van der Waals surface area (Å²) in [4.78, 5) is 0. The lowest BCUT2D eigenvalue weighted by Gasteiger charge is -2.31. The number of benzene rings is 1. The molecule has 0 aromatic heterocycles. The maximum Gasteiger partial charge on any atom is 0.123 e. The lowest BCUT2D eigenvalue weighted by Crippen LogP contribution is -2.35. The van der Waals surface area contributed by atoms with E-state index in [4.69, 9.17) is 0 Å². The van der Waals surface area contributed by atoms with Gasteiger partial charge in [-0.3, -0.25) is 0 Å². The van der Waals surface area contributed by atoms with E-state index in [1.165, 1.54) is 38.2 Å². The molecule has 1 fully saturated rings. The molecule has 0 saturated heterocycles. The molecule has 1 aliphatic carbocycles. The van der Waals surface area contributed by atoms with E-state index in [1.807, 2.05) is 6.07 Å². The molecule has 0 aliphatic heterocycles. The minimum absolute atomic E-state index is 0.142. The molecule has 1 aliphatic rings. The van der Waals surface area contributed by atoms with Gasteiger partial charge in [0.1, 0.15) is 5.82 Å². The Morgan fingerprint density at radius 3 is 2.94 bits per heavy atom. The Morgan fingerprint density at radius 2 is 2.22 bits per heavy atom. The molecule has 1 nitrogen and oxygen atoms in total. The summed E-state index contributed by atoms with van der Waals surface area (Å²) in [5.74, 6) is 0.729. The van der Waals surface area contributed by atoms with Crippen LogP contribution in [0.4, 0.5) is 4.39 Å². The zero-order valence-corrected chi connectivity index (χ0v) is 11.5. The van der Waals surface area contributed by atoms with Crippen LogP contribution >= 0.6 is 0 Å². The largest absolute Gasteiger partial charge is 0.307 e. The van der Waals surface area contributed by atoms with Crippen molar-refractivity contribution in [3.05, 3.63) is 35.6 Å². The number of halogens is 1. The average molecular weight is 249 g/mol. The third-order valence-electron chi connectivity index (χ3n) is 4.19. The maximum atomic E-state index is 13.2. The summed E-state index contributed by atoms with van der Waals surface area (Å²) in [6.45, 7) is 4.41. The van der Waals surface area contributed by atoms with Crippen molar-refractivity contribution in [1.82, 2.24) is 5.32 Å². The van der Waals surface area contributed by atoms with Gasteiger partial charge in [0.15, 0.2) is 0 Å². The topological polar surface area (TPSA) is 12.0 Å². The van der Waals surface area contributed by atoms with Crippen LogP contribution in [0.3, 0.4) is 0 Å². The maximum absolute atomic E-state index is 13.2. The third kappa shape index (κ3) is 3.55. The van der Waals surface area contributed by atoms with Gasteiger partial charge >= 0.3 is 0 Å². The molecule has 0 radical (unpaired) electrons. The standard InChI is InChI=1S/C16H24FN/c1-3-13-6-4-9-16(10-13)18-12(2)14-7-5-8-15(17)11-14/h5,7-8,11-13,16,18H,3-4,6,9-10H2,1-2H3/t12-,13?,16?/m1/s1. The minimum Gasteiger partial charge on any atom is -0.307 e. The van der Waals surface area contributed by atoms with Crippen LogP contribution in [0.2, 0.25) is 0 Å². The molecule has 0 spiro atoms.